The zero-order chi connectivity index (χ0) is 11.4. The van der Waals surface area contributed by atoms with E-state index in [0.29, 0.717) is 6.04 Å². The molecule has 0 heterocycles. The number of hydrogen-bond acceptors (Lipinski definition) is 3. The topological polar surface area (TPSA) is 43.4 Å². The summed E-state index contributed by atoms with van der Waals surface area (Å²) in [5.74, 6) is -3.43. The average molecular weight is 246 g/mol. The number of unbranched alkanes of at least 4 members (excludes halogenated alkanes) is 1. The fraction of sp³-hybridized carbons (Fsp3) is 1.00. The van der Waals surface area contributed by atoms with Crippen LogP contribution >= 0.6 is 0 Å². The lowest BCUT2D eigenvalue weighted by Crippen LogP contribution is -2.35. The van der Waals surface area contributed by atoms with Gasteiger partial charge in [-0.25, -0.2) is 0 Å². The van der Waals surface area contributed by atoms with Gasteiger partial charge in [-0.1, -0.05) is 19.8 Å². The Balaban J connectivity index is 4.35. The summed E-state index contributed by atoms with van der Waals surface area (Å²) in [4.78, 5) is 0. The first-order chi connectivity index (χ1) is 6.21. The van der Waals surface area contributed by atoms with Crippen LogP contribution in [-0.2, 0) is 14.0 Å². The van der Waals surface area contributed by atoms with Crippen molar-refractivity contribution >= 4 is 18.4 Å². The fourth-order valence-electron chi connectivity index (χ4n) is 0.995. The number of halogens is 2. The molecule has 0 radical (unpaired) electrons. The molecule has 0 amide bonds. The highest BCUT2D eigenvalue weighted by Crippen LogP contribution is 2.20. The molecule has 86 valence electrons. The van der Waals surface area contributed by atoms with Gasteiger partial charge in [-0.05, 0) is 19.1 Å². The molecule has 0 aliphatic heterocycles. The smallest absolute Gasteiger partial charge is 0.311 e. The van der Waals surface area contributed by atoms with Crippen LogP contribution in [0.25, 0.3) is 0 Å². The predicted octanol–water partition coefficient (Wildman–Crippen LogP) is 2.56. The van der Waals surface area contributed by atoms with Gasteiger partial charge in [-0.3, -0.25) is 0 Å². The largest absolute Gasteiger partial charge is 0.360 e. The van der Waals surface area contributed by atoms with Gasteiger partial charge in [0.25, 0.3) is 0 Å². The third kappa shape index (κ3) is 5.01. The Hall–Kier alpha value is -0.0131. The van der Waals surface area contributed by atoms with Crippen molar-refractivity contribution in [1.82, 2.24) is 0 Å². The van der Waals surface area contributed by atoms with E-state index in [1.807, 2.05) is 6.92 Å². The van der Waals surface area contributed by atoms with Gasteiger partial charge >= 0.3 is 15.9 Å². The fourth-order valence-corrected chi connectivity index (χ4v) is 5.34. The van der Waals surface area contributed by atoms with Crippen LogP contribution in [0.4, 0.5) is 8.78 Å². The predicted molar refractivity (Wildman–Crippen MR) is 53.2 cm³/mol. The Kier molecular flexibility index (Phi) is 5.17. The van der Waals surface area contributed by atoms with Crippen molar-refractivity contribution < 1.29 is 21.1 Å². The van der Waals surface area contributed by atoms with Gasteiger partial charge in [0, 0.05) is 0 Å². The Bertz CT molecular complexity index is 264. The van der Waals surface area contributed by atoms with E-state index in [1.54, 1.807) is 13.1 Å². The molecule has 7 heteroatoms. The molecule has 0 atom stereocenters. The molecule has 0 aromatic carbocycles. The second-order valence-corrected chi connectivity index (χ2v) is 9.73. The van der Waals surface area contributed by atoms with Crippen LogP contribution in [0.5, 0.6) is 0 Å². The summed E-state index contributed by atoms with van der Waals surface area (Å²) in [5.41, 5.74) is 0. The van der Waals surface area contributed by atoms with Crippen LogP contribution in [0.15, 0.2) is 0 Å². The summed E-state index contributed by atoms with van der Waals surface area (Å²) >= 11 is 0. The van der Waals surface area contributed by atoms with Crippen molar-refractivity contribution in [3.05, 3.63) is 0 Å². The van der Waals surface area contributed by atoms with Crippen LogP contribution in [0.1, 0.15) is 19.8 Å². The molecule has 0 aromatic heterocycles. The van der Waals surface area contributed by atoms with Gasteiger partial charge in [0.1, 0.15) is 0 Å². The molecule has 0 bridgehead atoms. The maximum absolute atomic E-state index is 12.0. The highest BCUT2D eigenvalue weighted by atomic mass is 32.2. The van der Waals surface area contributed by atoms with Crippen molar-refractivity contribution in [2.45, 2.75) is 44.7 Å². The lowest BCUT2D eigenvalue weighted by molar-refractivity contribution is 0.219. The van der Waals surface area contributed by atoms with Gasteiger partial charge in [0.05, 0.1) is 0 Å². The van der Waals surface area contributed by atoms with Gasteiger partial charge in [0.2, 0.25) is 8.32 Å². The second-order valence-electron chi connectivity index (χ2n) is 3.70. The Morgan fingerprint density at radius 1 is 1.36 bits per heavy atom. The highest BCUT2D eigenvalue weighted by molar-refractivity contribution is 7.88. The molecule has 14 heavy (non-hydrogen) atoms. The van der Waals surface area contributed by atoms with Crippen LogP contribution < -0.4 is 0 Å². The zero-order valence-corrected chi connectivity index (χ0v) is 10.4. The van der Waals surface area contributed by atoms with Gasteiger partial charge in [-0.2, -0.15) is 17.2 Å². The molecule has 0 aliphatic rings. The minimum absolute atomic E-state index is 0.579. The zero-order valence-electron chi connectivity index (χ0n) is 8.59. The SMILES string of the molecule is CCCC[Si](C)(C)OS(=O)(=O)C(F)F. The Morgan fingerprint density at radius 2 is 1.86 bits per heavy atom. The molecule has 0 aromatic rings. The molecule has 0 saturated carbocycles. The lowest BCUT2D eigenvalue weighted by atomic mass is 10.4. The molecule has 0 aliphatic carbocycles. The summed E-state index contributed by atoms with van der Waals surface area (Å²) in [6.07, 6.45) is 1.70. The molecular weight excluding hydrogens is 230 g/mol. The lowest BCUT2D eigenvalue weighted by Gasteiger charge is -2.21. The molecule has 3 nitrogen and oxygen atoms in total. The maximum Gasteiger partial charge on any atom is 0.360 e. The molecule has 0 unspecified atom stereocenters. The summed E-state index contributed by atoms with van der Waals surface area (Å²) in [7, 11) is -7.15. The number of hydrogen-bond donors (Lipinski definition) is 0. The standard InChI is InChI=1S/C7H16F2O3SSi/c1-4-5-6-14(2,3)12-13(10,11)7(8)9/h7H,4-6H2,1-3H3. The average Bonchev–Trinajstić information content (AvgIpc) is 1.99. The van der Waals surface area contributed by atoms with Crippen LogP contribution in [0.2, 0.25) is 19.1 Å². The summed E-state index contributed by atoms with van der Waals surface area (Å²) < 4.78 is 50.0. The first-order valence-corrected chi connectivity index (χ1v) is 9.02. The van der Waals surface area contributed by atoms with Crippen molar-refractivity contribution in [3.8, 4) is 0 Å². The molecule has 0 spiro atoms. The highest BCUT2D eigenvalue weighted by Gasteiger charge is 2.34. The summed E-state index contributed by atoms with van der Waals surface area (Å²) in [6, 6.07) is 0.579. The molecular formula is C7H16F2O3SSi. The van der Waals surface area contributed by atoms with Gasteiger partial charge < -0.3 is 3.87 Å². The quantitative estimate of drug-likeness (QED) is 0.676. The first kappa shape index (κ1) is 14.0. The van der Waals surface area contributed by atoms with Crippen molar-refractivity contribution in [1.29, 1.82) is 0 Å². The molecule has 0 rings (SSSR count). The van der Waals surface area contributed by atoms with E-state index in [-0.39, 0.29) is 0 Å². The van der Waals surface area contributed by atoms with E-state index >= 15 is 0 Å². The van der Waals surface area contributed by atoms with E-state index in [9.17, 15) is 17.2 Å². The van der Waals surface area contributed by atoms with Crippen LogP contribution in [0.3, 0.4) is 0 Å². The third-order valence-electron chi connectivity index (χ3n) is 1.69. The van der Waals surface area contributed by atoms with E-state index in [2.05, 4.69) is 3.87 Å². The van der Waals surface area contributed by atoms with Crippen molar-refractivity contribution in [3.63, 3.8) is 0 Å². The van der Waals surface area contributed by atoms with E-state index in [1.165, 1.54) is 0 Å². The molecule has 0 N–H and O–H groups in total. The summed E-state index contributed by atoms with van der Waals surface area (Å²) in [6.45, 7) is 5.21. The Morgan fingerprint density at radius 3 is 2.21 bits per heavy atom. The normalized spacial score (nSPS) is 13.6. The second kappa shape index (κ2) is 5.18. The molecule has 0 fully saturated rings. The monoisotopic (exact) mass is 246 g/mol. The van der Waals surface area contributed by atoms with E-state index in [4.69, 9.17) is 0 Å². The minimum Gasteiger partial charge on any atom is -0.311 e. The molecule has 0 saturated heterocycles. The van der Waals surface area contributed by atoms with Crippen LogP contribution in [0, 0.1) is 0 Å². The number of alkyl halides is 2. The van der Waals surface area contributed by atoms with E-state index in [0.717, 1.165) is 12.8 Å². The van der Waals surface area contributed by atoms with E-state index < -0.39 is 24.2 Å². The number of rotatable bonds is 6. The van der Waals surface area contributed by atoms with Crippen molar-refractivity contribution in [2.75, 3.05) is 0 Å². The maximum atomic E-state index is 12.0. The third-order valence-corrected chi connectivity index (χ3v) is 6.42. The van der Waals surface area contributed by atoms with Crippen molar-refractivity contribution in [2.24, 2.45) is 0 Å². The van der Waals surface area contributed by atoms with Gasteiger partial charge in [0.15, 0.2) is 0 Å². The van der Waals surface area contributed by atoms with Crippen LogP contribution in [-0.4, -0.2) is 22.5 Å². The Labute approximate surface area is 84.7 Å². The summed E-state index contributed by atoms with van der Waals surface area (Å²) in [5, 5.41) is 0. The first-order valence-electron chi connectivity index (χ1n) is 4.44. The van der Waals surface area contributed by atoms with Gasteiger partial charge in [-0.15, -0.1) is 0 Å². The minimum atomic E-state index is -4.66.